The van der Waals surface area contributed by atoms with Crippen LogP contribution in [-0.4, -0.2) is 36.6 Å². The number of nitrogens with zero attached hydrogens (tertiary/aromatic N) is 5. The highest BCUT2D eigenvalue weighted by molar-refractivity contribution is 7.13. The van der Waals surface area contributed by atoms with Crippen LogP contribution < -0.4 is 11.1 Å². The Bertz CT molecular complexity index is 917. The Morgan fingerprint density at radius 2 is 2.17 bits per heavy atom. The Morgan fingerprint density at radius 1 is 1.38 bits per heavy atom. The summed E-state index contributed by atoms with van der Waals surface area (Å²) in [4.78, 5) is 27.8. The lowest BCUT2D eigenvalue weighted by molar-refractivity contribution is -0.116. The smallest absolute Gasteiger partial charge is 0.254 e. The zero-order chi connectivity index (χ0) is 17.3. The first-order valence-corrected chi connectivity index (χ1v) is 8.05. The summed E-state index contributed by atoms with van der Waals surface area (Å²) in [5.41, 5.74) is 10.1. The molecule has 124 valence electrons. The molecule has 10 heteroatoms. The number of aryl methyl sites for hydroxylation is 2. The molecule has 3 heterocycles. The second-order valence-electron chi connectivity index (χ2n) is 5.21. The monoisotopic (exact) mass is 345 g/mol. The summed E-state index contributed by atoms with van der Waals surface area (Å²) in [6, 6.07) is 0. The third kappa shape index (κ3) is 2.95. The molecule has 0 unspecified atom stereocenters. The van der Waals surface area contributed by atoms with E-state index in [0.29, 0.717) is 17.2 Å². The first kappa shape index (κ1) is 16.0. The van der Waals surface area contributed by atoms with Crippen LogP contribution in [-0.2, 0) is 11.2 Å². The molecule has 0 aromatic carbocycles. The molecule has 0 saturated heterocycles. The molecular weight excluding hydrogens is 330 g/mol. The maximum Gasteiger partial charge on any atom is 0.254 e. The van der Waals surface area contributed by atoms with Gasteiger partial charge in [0.15, 0.2) is 5.65 Å². The average Bonchev–Trinajstić information content (AvgIpc) is 3.16. The molecule has 9 nitrogen and oxygen atoms in total. The molecule has 3 rings (SSSR count). The molecule has 0 saturated carbocycles. The van der Waals surface area contributed by atoms with Crippen LogP contribution in [0.4, 0.5) is 5.13 Å². The fourth-order valence-electron chi connectivity index (χ4n) is 2.49. The molecule has 2 amide bonds. The summed E-state index contributed by atoms with van der Waals surface area (Å²) >= 11 is 1.26. The molecule has 0 spiro atoms. The molecule has 0 radical (unpaired) electrons. The van der Waals surface area contributed by atoms with E-state index in [0.717, 1.165) is 17.0 Å². The molecule has 0 aliphatic rings. The third-order valence-corrected chi connectivity index (χ3v) is 4.29. The number of carbonyl (C=O) groups is 2. The Kier molecular flexibility index (Phi) is 4.21. The van der Waals surface area contributed by atoms with Gasteiger partial charge in [-0.05, 0) is 25.8 Å². The quantitative estimate of drug-likeness (QED) is 0.706. The normalized spacial score (nSPS) is 10.9. The molecule has 3 aromatic rings. The molecule has 0 bridgehead atoms. The zero-order valence-electron chi connectivity index (χ0n) is 13.1. The molecule has 24 heavy (non-hydrogen) atoms. The Hall–Kier alpha value is -2.88. The van der Waals surface area contributed by atoms with Crippen LogP contribution in [0, 0.1) is 13.8 Å². The summed E-state index contributed by atoms with van der Waals surface area (Å²) in [5, 5.41) is 14.8. The number of primary amides is 1. The van der Waals surface area contributed by atoms with Crippen LogP contribution >= 0.6 is 11.3 Å². The number of aromatic nitrogens is 5. The Labute approximate surface area is 140 Å². The molecule has 0 aliphatic heterocycles. The van der Waals surface area contributed by atoms with Crippen LogP contribution in [0.15, 0.2) is 11.7 Å². The van der Waals surface area contributed by atoms with Crippen molar-refractivity contribution in [2.75, 3.05) is 5.32 Å². The van der Waals surface area contributed by atoms with E-state index in [4.69, 9.17) is 5.73 Å². The minimum absolute atomic E-state index is 0.149. The van der Waals surface area contributed by atoms with Crippen molar-refractivity contribution in [2.24, 2.45) is 5.73 Å². The molecule has 0 atom stereocenters. The van der Waals surface area contributed by atoms with Crippen LogP contribution in [0.25, 0.3) is 5.65 Å². The van der Waals surface area contributed by atoms with Crippen molar-refractivity contribution in [1.82, 2.24) is 24.8 Å². The minimum Gasteiger partial charge on any atom is -0.365 e. The van der Waals surface area contributed by atoms with E-state index in [1.54, 1.807) is 10.0 Å². The van der Waals surface area contributed by atoms with Gasteiger partial charge < -0.3 is 11.1 Å². The minimum atomic E-state index is -0.569. The van der Waals surface area contributed by atoms with Gasteiger partial charge >= 0.3 is 0 Å². The number of amides is 2. The van der Waals surface area contributed by atoms with Crippen LogP contribution in [0.2, 0.25) is 0 Å². The van der Waals surface area contributed by atoms with E-state index in [9.17, 15) is 9.59 Å². The van der Waals surface area contributed by atoms with Crippen molar-refractivity contribution in [3.05, 3.63) is 34.2 Å². The fraction of sp³-hybridized carbons (Fsp3) is 0.286. The van der Waals surface area contributed by atoms with Gasteiger partial charge in [0, 0.05) is 17.8 Å². The van der Waals surface area contributed by atoms with Crippen molar-refractivity contribution in [3.63, 3.8) is 0 Å². The second-order valence-corrected chi connectivity index (χ2v) is 6.04. The second kappa shape index (κ2) is 6.32. The van der Waals surface area contributed by atoms with E-state index >= 15 is 0 Å². The number of anilines is 1. The van der Waals surface area contributed by atoms with Gasteiger partial charge in [0.2, 0.25) is 11.0 Å². The lowest BCUT2D eigenvalue weighted by Crippen LogP contribution is -2.15. The highest BCUT2D eigenvalue weighted by Crippen LogP contribution is 2.19. The third-order valence-electron chi connectivity index (χ3n) is 3.68. The maximum atomic E-state index is 12.0. The lowest BCUT2D eigenvalue weighted by Gasteiger charge is -2.11. The fourth-order valence-corrected chi connectivity index (χ4v) is 2.96. The standard InChI is InChI=1S/C14H15N7O2S/c1-7-9(3-4-11(22)19-14-20-16-6-24-14)8(2)21-13(18-7)10(5-17-21)12(15)23/h5-6H,3-4H2,1-2H3,(H2,15,23)(H,19,20,22). The van der Waals surface area contributed by atoms with Gasteiger partial charge in [0.25, 0.3) is 5.91 Å². The van der Waals surface area contributed by atoms with Crippen LogP contribution in [0.3, 0.4) is 0 Å². The SMILES string of the molecule is Cc1nc2c(C(N)=O)cnn2c(C)c1CCC(=O)Nc1nncs1. The maximum absolute atomic E-state index is 12.0. The first-order chi connectivity index (χ1) is 11.5. The van der Waals surface area contributed by atoms with Crippen molar-refractivity contribution >= 4 is 33.9 Å². The number of rotatable bonds is 5. The summed E-state index contributed by atoms with van der Waals surface area (Å²) in [5.74, 6) is -0.718. The molecule has 0 aliphatic carbocycles. The summed E-state index contributed by atoms with van der Waals surface area (Å²) in [7, 11) is 0. The van der Waals surface area contributed by atoms with Gasteiger partial charge in [0.05, 0.1) is 6.20 Å². The predicted molar refractivity (Wildman–Crippen MR) is 87.8 cm³/mol. The van der Waals surface area contributed by atoms with Gasteiger partial charge in [-0.1, -0.05) is 11.3 Å². The van der Waals surface area contributed by atoms with Crippen LogP contribution in [0.1, 0.15) is 33.7 Å². The number of carbonyl (C=O) groups excluding carboxylic acids is 2. The van der Waals surface area contributed by atoms with Crippen molar-refractivity contribution in [1.29, 1.82) is 0 Å². The number of nitrogens with one attached hydrogen (secondary N) is 1. The van der Waals surface area contributed by atoms with E-state index in [1.165, 1.54) is 17.5 Å². The van der Waals surface area contributed by atoms with E-state index in [2.05, 4.69) is 25.6 Å². The molecular formula is C14H15N7O2S. The molecule has 0 fully saturated rings. The van der Waals surface area contributed by atoms with E-state index < -0.39 is 5.91 Å². The van der Waals surface area contributed by atoms with Crippen LogP contribution in [0.5, 0.6) is 0 Å². The van der Waals surface area contributed by atoms with Gasteiger partial charge in [0.1, 0.15) is 11.1 Å². The largest absolute Gasteiger partial charge is 0.365 e. The van der Waals surface area contributed by atoms with Gasteiger partial charge in [-0.15, -0.1) is 10.2 Å². The number of hydrogen-bond donors (Lipinski definition) is 2. The molecule has 3 aromatic heterocycles. The summed E-state index contributed by atoms with van der Waals surface area (Å²) in [6.07, 6.45) is 2.18. The van der Waals surface area contributed by atoms with Crippen molar-refractivity contribution in [3.8, 4) is 0 Å². The summed E-state index contributed by atoms with van der Waals surface area (Å²) < 4.78 is 1.57. The predicted octanol–water partition coefficient (Wildman–Crippen LogP) is 0.868. The zero-order valence-corrected chi connectivity index (χ0v) is 13.9. The van der Waals surface area contributed by atoms with E-state index in [1.807, 2.05) is 13.8 Å². The number of fused-ring (bicyclic) bond motifs is 1. The highest BCUT2D eigenvalue weighted by Gasteiger charge is 2.17. The van der Waals surface area contributed by atoms with E-state index in [-0.39, 0.29) is 17.9 Å². The topological polar surface area (TPSA) is 128 Å². The Balaban J connectivity index is 1.82. The summed E-state index contributed by atoms with van der Waals surface area (Å²) in [6.45, 7) is 3.71. The van der Waals surface area contributed by atoms with Gasteiger partial charge in [-0.3, -0.25) is 9.59 Å². The lowest BCUT2D eigenvalue weighted by atomic mass is 10.1. The van der Waals surface area contributed by atoms with Crippen molar-refractivity contribution in [2.45, 2.75) is 26.7 Å². The number of hydrogen-bond acceptors (Lipinski definition) is 7. The van der Waals surface area contributed by atoms with Gasteiger partial charge in [-0.2, -0.15) is 5.10 Å². The molecule has 3 N–H and O–H groups in total. The highest BCUT2D eigenvalue weighted by atomic mass is 32.1. The average molecular weight is 345 g/mol. The first-order valence-electron chi connectivity index (χ1n) is 7.17. The number of nitrogens with two attached hydrogens (primary N) is 1. The van der Waals surface area contributed by atoms with Gasteiger partial charge in [-0.25, -0.2) is 9.50 Å². The Morgan fingerprint density at radius 3 is 2.83 bits per heavy atom. The van der Waals surface area contributed by atoms with Crippen molar-refractivity contribution < 1.29 is 9.59 Å².